The fourth-order valence-electron chi connectivity index (χ4n) is 4.48. The van der Waals surface area contributed by atoms with Gasteiger partial charge in [0.1, 0.15) is 5.60 Å². The van der Waals surface area contributed by atoms with E-state index in [9.17, 15) is 14.7 Å². The predicted octanol–water partition coefficient (Wildman–Crippen LogP) is 0.00820. The molecule has 0 radical (unpaired) electrons. The highest BCUT2D eigenvalue weighted by Gasteiger charge is 2.65. The van der Waals surface area contributed by atoms with E-state index in [1.54, 1.807) is 11.0 Å². The lowest BCUT2D eigenvalue weighted by Gasteiger charge is -2.28. The van der Waals surface area contributed by atoms with Crippen molar-refractivity contribution in [1.82, 2.24) is 4.90 Å². The molecule has 1 aromatic carbocycles. The Morgan fingerprint density at radius 2 is 2.16 bits per heavy atom. The van der Waals surface area contributed by atoms with Gasteiger partial charge in [0, 0.05) is 11.9 Å². The first-order valence-electron chi connectivity index (χ1n) is 8.28. The van der Waals surface area contributed by atoms with Crippen LogP contribution in [0.15, 0.2) is 30.4 Å². The largest absolute Gasteiger partial charge is 0.550 e. The summed E-state index contributed by atoms with van der Waals surface area (Å²) in [5, 5.41) is 11.5. The zero-order chi connectivity index (χ0) is 17.3. The minimum absolute atomic E-state index is 0.189. The molecule has 1 aromatic rings. The lowest BCUT2D eigenvalue weighted by Crippen LogP contribution is -2.45. The molecule has 5 rings (SSSR count). The molecule has 1 amide bonds. The van der Waals surface area contributed by atoms with Crippen LogP contribution in [0.1, 0.15) is 18.5 Å². The number of benzene rings is 1. The zero-order valence-electron chi connectivity index (χ0n) is 13.5. The number of carbonyl (C=O) groups excluding carboxylic acids is 2. The van der Waals surface area contributed by atoms with Crippen molar-refractivity contribution < 1.29 is 28.9 Å². The second-order valence-electron chi connectivity index (χ2n) is 6.97. The van der Waals surface area contributed by atoms with E-state index in [1.807, 2.05) is 31.2 Å². The average Bonchev–Trinajstić information content (AvgIpc) is 3.33. The van der Waals surface area contributed by atoms with E-state index in [2.05, 4.69) is 0 Å². The van der Waals surface area contributed by atoms with Gasteiger partial charge in [0.05, 0.1) is 24.6 Å². The SMILES string of the molecule is C[C@H](c1ccc2c(c1)OCO2)N1C[C@@]23C=C[C@H](O2)[C@H](C(=O)[O-])[C@@H]3C1=O. The van der Waals surface area contributed by atoms with Gasteiger partial charge in [-0.25, -0.2) is 0 Å². The van der Waals surface area contributed by atoms with Gasteiger partial charge >= 0.3 is 0 Å². The Balaban J connectivity index is 1.47. The first-order valence-corrected chi connectivity index (χ1v) is 8.28. The molecule has 1 spiro atoms. The fourth-order valence-corrected chi connectivity index (χ4v) is 4.48. The lowest BCUT2D eigenvalue weighted by atomic mass is 9.77. The Morgan fingerprint density at radius 1 is 1.36 bits per heavy atom. The fraction of sp³-hybridized carbons (Fsp3) is 0.444. The highest BCUT2D eigenvalue weighted by molar-refractivity contribution is 5.90. The highest BCUT2D eigenvalue weighted by Crippen LogP contribution is 2.53. The van der Waals surface area contributed by atoms with Crippen LogP contribution >= 0.6 is 0 Å². The molecule has 0 unspecified atom stereocenters. The Hall–Kier alpha value is -2.54. The van der Waals surface area contributed by atoms with E-state index >= 15 is 0 Å². The van der Waals surface area contributed by atoms with Crippen LogP contribution in [-0.4, -0.2) is 41.8 Å². The summed E-state index contributed by atoms with van der Waals surface area (Å²) in [5.41, 5.74) is 0.0503. The standard InChI is InChI=1S/C18H17NO6/c1-9(10-2-3-11-13(6-10)24-8-23-11)19-7-18-5-4-12(25-18)14(17(21)22)15(18)16(19)20/h2-6,9,12,14-15H,7-8H2,1H3,(H,21,22)/p-1/t9-,12+,14+,15-,18-/m1/s1. The zero-order valence-corrected chi connectivity index (χ0v) is 13.5. The second kappa shape index (κ2) is 4.76. The molecule has 4 aliphatic rings. The number of carboxylic acid groups (broad SMARTS) is 1. The van der Waals surface area contributed by atoms with Gasteiger partial charge in [-0.3, -0.25) is 4.79 Å². The molecule has 2 fully saturated rings. The van der Waals surface area contributed by atoms with Crippen molar-refractivity contribution in [2.24, 2.45) is 11.8 Å². The number of fused-ring (bicyclic) bond motifs is 2. The summed E-state index contributed by atoms with van der Waals surface area (Å²) in [6.07, 6.45) is 3.01. The maximum Gasteiger partial charge on any atom is 0.231 e. The van der Waals surface area contributed by atoms with Gasteiger partial charge in [0.15, 0.2) is 11.5 Å². The molecule has 0 aromatic heterocycles. The van der Waals surface area contributed by atoms with Crippen LogP contribution in [0.4, 0.5) is 0 Å². The van der Waals surface area contributed by atoms with Crippen molar-refractivity contribution in [3.8, 4) is 11.5 Å². The summed E-state index contributed by atoms with van der Waals surface area (Å²) in [6.45, 7) is 2.44. The Labute approximate surface area is 143 Å². The van der Waals surface area contributed by atoms with E-state index in [1.165, 1.54) is 0 Å². The summed E-state index contributed by atoms with van der Waals surface area (Å²) in [6, 6.07) is 5.33. The smallest absolute Gasteiger partial charge is 0.231 e. The quantitative estimate of drug-likeness (QED) is 0.719. The summed E-state index contributed by atoms with van der Waals surface area (Å²) in [7, 11) is 0. The third-order valence-electron chi connectivity index (χ3n) is 5.75. The molecule has 7 heteroatoms. The topological polar surface area (TPSA) is 88.1 Å². The number of carbonyl (C=O) groups is 2. The second-order valence-corrected chi connectivity index (χ2v) is 6.97. The minimum atomic E-state index is -1.23. The number of hydrogen-bond donors (Lipinski definition) is 0. The van der Waals surface area contributed by atoms with Gasteiger partial charge in [0.2, 0.25) is 12.7 Å². The van der Waals surface area contributed by atoms with Gasteiger partial charge in [0.25, 0.3) is 0 Å². The monoisotopic (exact) mass is 342 g/mol. The molecular weight excluding hydrogens is 326 g/mol. The van der Waals surface area contributed by atoms with Crippen LogP contribution in [-0.2, 0) is 14.3 Å². The maximum absolute atomic E-state index is 13.0. The van der Waals surface area contributed by atoms with Crippen molar-refractivity contribution >= 4 is 11.9 Å². The van der Waals surface area contributed by atoms with Crippen molar-refractivity contribution in [2.45, 2.75) is 24.7 Å². The Kier molecular flexibility index (Phi) is 2.81. The van der Waals surface area contributed by atoms with E-state index in [0.717, 1.165) is 5.56 Å². The predicted molar refractivity (Wildman–Crippen MR) is 81.4 cm³/mol. The van der Waals surface area contributed by atoms with Crippen LogP contribution in [0.25, 0.3) is 0 Å². The molecule has 0 saturated carbocycles. The summed E-state index contributed by atoms with van der Waals surface area (Å²) in [4.78, 5) is 26.2. The third-order valence-corrected chi connectivity index (χ3v) is 5.75. The summed E-state index contributed by atoms with van der Waals surface area (Å²) >= 11 is 0. The van der Waals surface area contributed by atoms with Crippen LogP contribution in [0.5, 0.6) is 11.5 Å². The number of rotatable bonds is 3. The van der Waals surface area contributed by atoms with Crippen molar-refractivity contribution in [2.75, 3.05) is 13.3 Å². The normalized spacial score (nSPS) is 35.3. The summed E-state index contributed by atoms with van der Waals surface area (Å²) in [5.74, 6) is -1.74. The van der Waals surface area contributed by atoms with E-state index < -0.39 is 29.5 Å². The number of likely N-dealkylation sites (tertiary alicyclic amines) is 1. The highest BCUT2D eigenvalue weighted by atomic mass is 16.7. The number of ether oxygens (including phenoxy) is 3. The molecule has 25 heavy (non-hydrogen) atoms. The minimum Gasteiger partial charge on any atom is -0.550 e. The van der Waals surface area contributed by atoms with Crippen molar-refractivity contribution in [1.29, 1.82) is 0 Å². The molecule has 7 nitrogen and oxygen atoms in total. The van der Waals surface area contributed by atoms with Crippen LogP contribution < -0.4 is 14.6 Å². The molecule has 4 heterocycles. The van der Waals surface area contributed by atoms with E-state index in [0.29, 0.717) is 18.0 Å². The van der Waals surface area contributed by atoms with Crippen molar-refractivity contribution in [3.05, 3.63) is 35.9 Å². The van der Waals surface area contributed by atoms with Gasteiger partial charge in [-0.15, -0.1) is 0 Å². The van der Waals surface area contributed by atoms with Gasteiger partial charge < -0.3 is 29.0 Å². The Morgan fingerprint density at radius 3 is 2.96 bits per heavy atom. The number of amides is 1. The van der Waals surface area contributed by atoms with Crippen LogP contribution in [0.3, 0.4) is 0 Å². The van der Waals surface area contributed by atoms with Crippen LogP contribution in [0, 0.1) is 11.8 Å². The van der Waals surface area contributed by atoms with Gasteiger partial charge in [-0.2, -0.15) is 0 Å². The first-order chi connectivity index (χ1) is 12.0. The molecule has 0 aliphatic carbocycles. The molecule has 2 bridgehead atoms. The third kappa shape index (κ3) is 1.84. The first kappa shape index (κ1) is 14.8. The number of nitrogens with zero attached hydrogens (tertiary/aromatic N) is 1. The van der Waals surface area contributed by atoms with Crippen molar-refractivity contribution in [3.63, 3.8) is 0 Å². The van der Waals surface area contributed by atoms with E-state index in [-0.39, 0.29) is 18.7 Å². The summed E-state index contributed by atoms with van der Waals surface area (Å²) < 4.78 is 16.6. The average molecular weight is 342 g/mol. The van der Waals surface area contributed by atoms with Gasteiger partial charge in [-0.1, -0.05) is 18.2 Å². The molecule has 5 atom stereocenters. The number of aliphatic carboxylic acids is 1. The molecule has 4 aliphatic heterocycles. The number of hydrogen-bond acceptors (Lipinski definition) is 6. The molecule has 0 N–H and O–H groups in total. The van der Waals surface area contributed by atoms with Gasteiger partial charge in [-0.05, 0) is 24.6 Å². The molecular formula is C18H16NO6-. The molecule has 2 saturated heterocycles. The van der Waals surface area contributed by atoms with Crippen LogP contribution in [0.2, 0.25) is 0 Å². The maximum atomic E-state index is 13.0. The van der Waals surface area contributed by atoms with E-state index in [4.69, 9.17) is 14.2 Å². The Bertz CT molecular complexity index is 820. The number of carboxylic acids is 1. The molecule has 130 valence electrons. The lowest BCUT2D eigenvalue weighted by molar-refractivity contribution is -0.313.